The lowest BCUT2D eigenvalue weighted by atomic mass is 9.92. The smallest absolute Gasteiger partial charge is 0.273 e. The predicted octanol–water partition coefficient (Wildman–Crippen LogP) is 4.08. The number of hydrogen-bond acceptors (Lipinski definition) is 6. The Balaban J connectivity index is 1.52. The Morgan fingerprint density at radius 2 is 1.81 bits per heavy atom. The van der Waals surface area contributed by atoms with Crippen LogP contribution in [-0.2, 0) is 17.9 Å². The summed E-state index contributed by atoms with van der Waals surface area (Å²) in [5, 5.41) is 18.9. The zero-order valence-electron chi connectivity index (χ0n) is 19.5. The Kier molecular flexibility index (Phi) is 6.15. The van der Waals surface area contributed by atoms with Gasteiger partial charge in [0.2, 0.25) is 5.91 Å². The molecule has 2 aromatic carbocycles. The molecule has 0 saturated carbocycles. The molecule has 182 valence electrons. The van der Waals surface area contributed by atoms with E-state index in [-0.39, 0.29) is 31.0 Å². The third-order valence-electron chi connectivity index (χ3n) is 6.34. The van der Waals surface area contributed by atoms with Crippen molar-refractivity contribution >= 4 is 29.1 Å². The molecule has 0 radical (unpaired) electrons. The molecule has 2 N–H and O–H groups in total. The van der Waals surface area contributed by atoms with Crippen LogP contribution in [0.4, 0.5) is 0 Å². The normalized spacial score (nSPS) is 17.5. The summed E-state index contributed by atoms with van der Waals surface area (Å²) in [6.07, 6.45) is -0.240. The van der Waals surface area contributed by atoms with Crippen molar-refractivity contribution in [2.75, 3.05) is 0 Å². The number of hydrogen-bond donors (Lipinski definition) is 2. The lowest BCUT2D eigenvalue weighted by molar-refractivity contribution is -0.131. The SMILES string of the molecule is CC1(C(=O)NCc2ccccc2)CC(=O)n2nc(-c3cccs3)cc2C(=O)N1Cc1ccc(O)cc1. The van der Waals surface area contributed by atoms with E-state index in [1.807, 2.05) is 47.8 Å². The Bertz CT molecular complexity index is 1410. The molecular formula is C27H24N4O4S. The number of phenols is 1. The summed E-state index contributed by atoms with van der Waals surface area (Å²) in [5.74, 6) is -1.25. The Hall–Kier alpha value is -4.24. The molecule has 1 atom stereocenters. The van der Waals surface area contributed by atoms with Crippen LogP contribution < -0.4 is 5.32 Å². The lowest BCUT2D eigenvalue weighted by Crippen LogP contribution is -2.58. The minimum Gasteiger partial charge on any atom is -0.508 e. The number of phenolic OH excluding ortho intramolecular Hbond substituents is 1. The standard InChI is InChI=1S/C27H24N4O4S/c1-27(26(35)28-16-18-6-3-2-4-7-18)15-24(33)31-22(14-21(29-31)23-8-5-13-36-23)25(34)30(27)17-19-9-11-20(32)12-10-19/h2-14,32H,15-17H2,1H3,(H,28,35). The topological polar surface area (TPSA) is 105 Å². The average Bonchev–Trinajstić information content (AvgIpc) is 3.56. The largest absolute Gasteiger partial charge is 0.508 e. The molecule has 36 heavy (non-hydrogen) atoms. The van der Waals surface area contributed by atoms with Gasteiger partial charge in [0.15, 0.2) is 0 Å². The second kappa shape index (κ2) is 9.43. The summed E-state index contributed by atoms with van der Waals surface area (Å²) in [6, 6.07) is 21.2. The highest BCUT2D eigenvalue weighted by Crippen LogP contribution is 2.32. The molecule has 8 nitrogen and oxygen atoms in total. The molecule has 0 aliphatic carbocycles. The molecule has 0 bridgehead atoms. The lowest BCUT2D eigenvalue weighted by Gasteiger charge is -2.38. The van der Waals surface area contributed by atoms with Crippen LogP contribution >= 0.6 is 11.3 Å². The predicted molar refractivity (Wildman–Crippen MR) is 135 cm³/mol. The molecule has 9 heteroatoms. The molecule has 3 heterocycles. The maximum Gasteiger partial charge on any atom is 0.273 e. The number of thiophene rings is 1. The molecule has 5 rings (SSSR count). The summed E-state index contributed by atoms with van der Waals surface area (Å²) in [6.45, 7) is 1.94. The van der Waals surface area contributed by atoms with E-state index in [0.717, 1.165) is 15.1 Å². The number of rotatable bonds is 6. The van der Waals surface area contributed by atoms with Crippen LogP contribution in [0.5, 0.6) is 5.75 Å². The van der Waals surface area contributed by atoms with Gasteiger partial charge in [0.05, 0.1) is 11.3 Å². The Morgan fingerprint density at radius 3 is 2.50 bits per heavy atom. The second-order valence-corrected chi connectivity index (χ2v) is 9.82. The summed E-state index contributed by atoms with van der Waals surface area (Å²) in [4.78, 5) is 43.2. The van der Waals surface area contributed by atoms with Crippen molar-refractivity contribution < 1.29 is 19.5 Å². The summed E-state index contributed by atoms with van der Waals surface area (Å²) in [5.41, 5.74) is 0.789. The number of aromatic hydroxyl groups is 1. The van der Waals surface area contributed by atoms with Gasteiger partial charge in [-0.15, -0.1) is 11.3 Å². The van der Waals surface area contributed by atoms with Gasteiger partial charge in [-0.25, -0.2) is 0 Å². The number of benzene rings is 2. The van der Waals surface area contributed by atoms with Crippen molar-refractivity contribution in [1.29, 1.82) is 0 Å². The van der Waals surface area contributed by atoms with Crippen LogP contribution in [0.1, 0.15) is 39.8 Å². The van der Waals surface area contributed by atoms with E-state index in [4.69, 9.17) is 0 Å². The van der Waals surface area contributed by atoms with Crippen molar-refractivity contribution in [1.82, 2.24) is 20.0 Å². The van der Waals surface area contributed by atoms with E-state index in [0.29, 0.717) is 11.3 Å². The number of fused-ring (bicyclic) bond motifs is 1. The van der Waals surface area contributed by atoms with E-state index in [1.54, 1.807) is 25.1 Å². The number of carbonyl (C=O) groups excluding carboxylic acids is 3. The molecule has 1 aliphatic rings. The Labute approximate surface area is 211 Å². The van der Waals surface area contributed by atoms with Crippen molar-refractivity contribution in [2.45, 2.75) is 32.0 Å². The van der Waals surface area contributed by atoms with Crippen molar-refractivity contribution in [3.8, 4) is 16.3 Å². The van der Waals surface area contributed by atoms with Gasteiger partial charge in [-0.1, -0.05) is 48.5 Å². The zero-order valence-corrected chi connectivity index (χ0v) is 20.4. The van der Waals surface area contributed by atoms with Crippen LogP contribution in [-0.4, -0.2) is 43.0 Å². The highest BCUT2D eigenvalue weighted by Gasteiger charge is 2.48. The number of amides is 2. The van der Waals surface area contributed by atoms with Gasteiger partial charge in [0.25, 0.3) is 11.8 Å². The fraction of sp³-hybridized carbons (Fsp3) is 0.185. The Morgan fingerprint density at radius 1 is 1.06 bits per heavy atom. The molecule has 4 aromatic rings. The molecule has 1 unspecified atom stereocenters. The number of nitrogens with zero attached hydrogens (tertiary/aromatic N) is 3. The molecule has 0 spiro atoms. The average molecular weight is 501 g/mol. The summed E-state index contributed by atoms with van der Waals surface area (Å²) in [7, 11) is 0. The maximum atomic E-state index is 13.9. The second-order valence-electron chi connectivity index (χ2n) is 8.87. The van der Waals surface area contributed by atoms with E-state index >= 15 is 0 Å². The number of carbonyl (C=O) groups is 3. The number of nitrogens with one attached hydrogen (secondary N) is 1. The minimum atomic E-state index is -1.47. The summed E-state index contributed by atoms with van der Waals surface area (Å²) >= 11 is 1.46. The number of aromatic nitrogens is 2. The highest BCUT2D eigenvalue weighted by atomic mass is 32.1. The molecule has 2 aromatic heterocycles. The minimum absolute atomic E-state index is 0.0706. The van der Waals surface area contributed by atoms with Gasteiger partial charge in [-0.2, -0.15) is 9.78 Å². The third-order valence-corrected chi connectivity index (χ3v) is 7.23. The van der Waals surface area contributed by atoms with Crippen LogP contribution in [0.15, 0.2) is 78.2 Å². The molecular weight excluding hydrogens is 476 g/mol. The van der Waals surface area contributed by atoms with E-state index in [9.17, 15) is 19.5 Å². The zero-order chi connectivity index (χ0) is 25.3. The van der Waals surface area contributed by atoms with Gasteiger partial charge in [0, 0.05) is 13.1 Å². The first-order valence-corrected chi connectivity index (χ1v) is 12.3. The van der Waals surface area contributed by atoms with Gasteiger partial charge in [-0.05, 0) is 47.7 Å². The first-order chi connectivity index (χ1) is 17.3. The van der Waals surface area contributed by atoms with Gasteiger partial charge in [0.1, 0.15) is 22.7 Å². The molecule has 0 fully saturated rings. The molecule has 0 saturated heterocycles. The quantitative estimate of drug-likeness (QED) is 0.415. The van der Waals surface area contributed by atoms with Crippen LogP contribution in [0.2, 0.25) is 0 Å². The molecule has 1 aliphatic heterocycles. The van der Waals surface area contributed by atoms with Crippen LogP contribution in [0.25, 0.3) is 10.6 Å². The van der Waals surface area contributed by atoms with E-state index < -0.39 is 23.3 Å². The van der Waals surface area contributed by atoms with Crippen LogP contribution in [0.3, 0.4) is 0 Å². The van der Waals surface area contributed by atoms with Gasteiger partial charge < -0.3 is 15.3 Å². The maximum absolute atomic E-state index is 13.9. The van der Waals surface area contributed by atoms with Crippen molar-refractivity contribution in [2.24, 2.45) is 0 Å². The van der Waals surface area contributed by atoms with E-state index in [1.165, 1.54) is 28.4 Å². The molecule has 2 amide bonds. The van der Waals surface area contributed by atoms with E-state index in [2.05, 4.69) is 10.4 Å². The first kappa shape index (κ1) is 23.5. The third kappa shape index (κ3) is 4.40. The summed E-state index contributed by atoms with van der Waals surface area (Å²) < 4.78 is 1.12. The van der Waals surface area contributed by atoms with Crippen molar-refractivity contribution in [3.63, 3.8) is 0 Å². The van der Waals surface area contributed by atoms with Crippen LogP contribution in [0, 0.1) is 0 Å². The fourth-order valence-corrected chi connectivity index (χ4v) is 4.98. The fourth-order valence-electron chi connectivity index (χ4n) is 4.30. The van der Waals surface area contributed by atoms with Gasteiger partial charge in [-0.3, -0.25) is 14.4 Å². The highest BCUT2D eigenvalue weighted by molar-refractivity contribution is 7.13. The van der Waals surface area contributed by atoms with Gasteiger partial charge >= 0.3 is 0 Å². The monoisotopic (exact) mass is 500 g/mol. The van der Waals surface area contributed by atoms with Crippen molar-refractivity contribution in [3.05, 3.63) is 95.0 Å². The first-order valence-electron chi connectivity index (χ1n) is 11.4.